The lowest BCUT2D eigenvalue weighted by Gasteiger charge is -1.95. The molecule has 0 saturated heterocycles. The third-order valence-electron chi connectivity index (χ3n) is 1.47. The van der Waals surface area contributed by atoms with Crippen LogP contribution in [0, 0.1) is 5.82 Å². The summed E-state index contributed by atoms with van der Waals surface area (Å²) in [6.07, 6.45) is 1.12. The molecule has 4 heteroatoms. The Morgan fingerprint density at radius 1 is 1.29 bits per heavy atom. The molecular weight excluding hydrogens is 203 g/mol. The van der Waals surface area contributed by atoms with Gasteiger partial charge in [-0.3, -0.25) is 0 Å². The summed E-state index contributed by atoms with van der Waals surface area (Å²) in [6, 6.07) is 4.65. The van der Waals surface area contributed by atoms with Crippen LogP contribution in [0.25, 0.3) is 11.0 Å². The summed E-state index contributed by atoms with van der Waals surface area (Å²) in [5.74, 6) is -0.369. The van der Waals surface area contributed by atoms with Gasteiger partial charge in [-0.05, 0) is 18.2 Å². The Hall–Kier alpha value is -1.22. The van der Waals surface area contributed by atoms with Crippen LogP contribution in [0.15, 0.2) is 24.4 Å². The van der Waals surface area contributed by atoms with Gasteiger partial charge >= 0.3 is 0 Å². The largest absolute Gasteiger partial charge is 0.234 e. The third-order valence-corrected chi connectivity index (χ3v) is 1.69. The highest BCUT2D eigenvalue weighted by Crippen LogP contribution is 2.13. The Morgan fingerprint density at radius 3 is 2.71 bits per heavy atom. The fourth-order valence-electron chi connectivity index (χ4n) is 0.961. The Bertz CT molecular complexity index is 390. The van der Waals surface area contributed by atoms with Gasteiger partial charge in [0.15, 0.2) is 5.65 Å². The fourth-order valence-corrected chi connectivity index (χ4v) is 1.10. The van der Waals surface area contributed by atoms with Crippen molar-refractivity contribution < 1.29 is 4.39 Å². The topological polar surface area (TPSA) is 25.8 Å². The third kappa shape index (κ3) is 2.39. The zero-order valence-electron chi connectivity index (χ0n) is 7.96. The molecule has 0 spiro atoms. The van der Waals surface area contributed by atoms with Crippen LogP contribution in [0.2, 0.25) is 5.15 Å². The lowest BCUT2D eigenvalue weighted by molar-refractivity contribution is 0.624. The summed E-state index contributed by atoms with van der Waals surface area (Å²) in [7, 11) is 0. The summed E-state index contributed by atoms with van der Waals surface area (Å²) in [5, 5.41) is 1.01. The summed E-state index contributed by atoms with van der Waals surface area (Å²) in [6.45, 7) is 4.00. The van der Waals surface area contributed by atoms with Crippen LogP contribution < -0.4 is 0 Å². The molecule has 0 unspecified atom stereocenters. The van der Waals surface area contributed by atoms with Gasteiger partial charge in [-0.1, -0.05) is 25.4 Å². The van der Waals surface area contributed by atoms with E-state index in [2.05, 4.69) is 9.97 Å². The molecule has 0 aliphatic heterocycles. The molecule has 2 nitrogen and oxygen atoms in total. The number of hydrogen-bond donors (Lipinski definition) is 0. The molecular formula is C10H10ClFN2. The molecule has 0 bridgehead atoms. The number of rotatable bonds is 0. The van der Waals surface area contributed by atoms with Crippen molar-refractivity contribution in [2.24, 2.45) is 0 Å². The van der Waals surface area contributed by atoms with E-state index in [1.807, 2.05) is 13.8 Å². The van der Waals surface area contributed by atoms with Gasteiger partial charge in [0.2, 0.25) is 0 Å². The molecule has 0 aliphatic carbocycles. The van der Waals surface area contributed by atoms with Crippen LogP contribution in [-0.2, 0) is 0 Å². The summed E-state index contributed by atoms with van der Waals surface area (Å²) in [4.78, 5) is 7.68. The highest BCUT2D eigenvalue weighted by molar-refractivity contribution is 6.29. The zero-order chi connectivity index (χ0) is 10.6. The predicted octanol–water partition coefficient (Wildman–Crippen LogP) is 3.45. The number of halogens is 2. The van der Waals surface area contributed by atoms with E-state index in [1.54, 1.807) is 12.1 Å². The van der Waals surface area contributed by atoms with Crippen LogP contribution in [-0.4, -0.2) is 9.97 Å². The molecule has 0 fully saturated rings. The molecule has 0 N–H and O–H groups in total. The first-order chi connectivity index (χ1) is 6.75. The van der Waals surface area contributed by atoms with Gasteiger partial charge in [-0.15, -0.1) is 0 Å². The number of nitrogens with zero attached hydrogens (tertiary/aromatic N) is 2. The van der Waals surface area contributed by atoms with Crippen LogP contribution in [0.5, 0.6) is 0 Å². The van der Waals surface area contributed by atoms with E-state index in [0.717, 1.165) is 6.20 Å². The van der Waals surface area contributed by atoms with E-state index in [9.17, 15) is 4.39 Å². The average molecular weight is 213 g/mol. The van der Waals surface area contributed by atoms with E-state index < -0.39 is 0 Å². The van der Waals surface area contributed by atoms with Crippen molar-refractivity contribution in [2.75, 3.05) is 0 Å². The van der Waals surface area contributed by atoms with Crippen molar-refractivity contribution >= 4 is 22.6 Å². The number of hydrogen-bond acceptors (Lipinski definition) is 2. The van der Waals surface area contributed by atoms with Crippen LogP contribution in [0.4, 0.5) is 4.39 Å². The minimum Gasteiger partial charge on any atom is -0.234 e. The maximum Gasteiger partial charge on any atom is 0.161 e. The van der Waals surface area contributed by atoms with Crippen LogP contribution >= 0.6 is 11.6 Å². The van der Waals surface area contributed by atoms with Gasteiger partial charge in [0, 0.05) is 5.39 Å². The van der Waals surface area contributed by atoms with Gasteiger partial charge in [-0.25, -0.2) is 14.4 Å². The van der Waals surface area contributed by atoms with E-state index >= 15 is 0 Å². The van der Waals surface area contributed by atoms with Crippen LogP contribution in [0.1, 0.15) is 13.8 Å². The highest BCUT2D eigenvalue weighted by atomic mass is 35.5. The molecule has 0 radical (unpaired) electrons. The first-order valence-corrected chi connectivity index (χ1v) is 4.71. The Labute approximate surface area is 86.8 Å². The standard InChI is InChI=1S/C8H4ClFN2.C2H6/c9-7-2-1-5-3-6(10)4-11-8(5)12-7;1-2/h1-4H;1-2H3. The van der Waals surface area contributed by atoms with Gasteiger partial charge in [0.1, 0.15) is 11.0 Å². The minimum atomic E-state index is -0.369. The second-order valence-electron chi connectivity index (χ2n) is 2.33. The van der Waals surface area contributed by atoms with Crippen molar-refractivity contribution in [3.63, 3.8) is 0 Å². The zero-order valence-corrected chi connectivity index (χ0v) is 8.72. The second kappa shape index (κ2) is 4.86. The normalized spacial score (nSPS) is 9.43. The quantitative estimate of drug-likeness (QED) is 0.625. The summed E-state index contributed by atoms with van der Waals surface area (Å²) >= 11 is 5.61. The average Bonchev–Trinajstić information content (AvgIpc) is 2.21. The first kappa shape index (κ1) is 10.9. The Balaban J connectivity index is 0.000000461. The molecule has 0 amide bonds. The Kier molecular flexibility index (Phi) is 3.77. The maximum absolute atomic E-state index is 12.6. The molecule has 0 aromatic carbocycles. The smallest absolute Gasteiger partial charge is 0.161 e. The fraction of sp³-hybridized carbons (Fsp3) is 0.200. The maximum atomic E-state index is 12.6. The molecule has 14 heavy (non-hydrogen) atoms. The molecule has 2 aromatic rings. The second-order valence-corrected chi connectivity index (χ2v) is 2.72. The van der Waals surface area contributed by atoms with E-state index in [1.165, 1.54) is 6.07 Å². The van der Waals surface area contributed by atoms with E-state index in [0.29, 0.717) is 16.2 Å². The molecule has 74 valence electrons. The molecule has 0 aliphatic rings. The van der Waals surface area contributed by atoms with Gasteiger partial charge in [-0.2, -0.15) is 0 Å². The van der Waals surface area contributed by atoms with E-state index in [4.69, 9.17) is 11.6 Å². The molecule has 2 rings (SSSR count). The molecule has 2 aromatic heterocycles. The van der Waals surface area contributed by atoms with Crippen molar-refractivity contribution in [2.45, 2.75) is 13.8 Å². The highest BCUT2D eigenvalue weighted by Gasteiger charge is 1.98. The number of fused-ring (bicyclic) bond motifs is 1. The number of aromatic nitrogens is 2. The Morgan fingerprint density at radius 2 is 2.00 bits per heavy atom. The summed E-state index contributed by atoms with van der Waals surface area (Å²) in [5.41, 5.74) is 0.462. The molecule has 0 atom stereocenters. The number of pyridine rings is 2. The monoisotopic (exact) mass is 212 g/mol. The van der Waals surface area contributed by atoms with Crippen molar-refractivity contribution in [1.29, 1.82) is 0 Å². The first-order valence-electron chi connectivity index (χ1n) is 4.33. The molecule has 2 heterocycles. The van der Waals surface area contributed by atoms with Crippen molar-refractivity contribution in [3.05, 3.63) is 35.4 Å². The predicted molar refractivity (Wildman–Crippen MR) is 55.9 cm³/mol. The van der Waals surface area contributed by atoms with Crippen molar-refractivity contribution in [3.8, 4) is 0 Å². The molecule has 0 saturated carbocycles. The van der Waals surface area contributed by atoms with Gasteiger partial charge < -0.3 is 0 Å². The van der Waals surface area contributed by atoms with Crippen LogP contribution in [0.3, 0.4) is 0 Å². The van der Waals surface area contributed by atoms with Gasteiger partial charge in [0.05, 0.1) is 6.20 Å². The summed E-state index contributed by atoms with van der Waals surface area (Å²) < 4.78 is 12.6. The van der Waals surface area contributed by atoms with Gasteiger partial charge in [0.25, 0.3) is 0 Å². The lowest BCUT2D eigenvalue weighted by atomic mass is 10.3. The SMILES string of the molecule is CC.Fc1cnc2nc(Cl)ccc2c1. The minimum absolute atomic E-state index is 0.363. The van der Waals surface area contributed by atoms with E-state index in [-0.39, 0.29) is 5.82 Å². The van der Waals surface area contributed by atoms with Crippen molar-refractivity contribution in [1.82, 2.24) is 9.97 Å². The lowest BCUT2D eigenvalue weighted by Crippen LogP contribution is -1.85.